The molecule has 2 fully saturated rings. The Morgan fingerprint density at radius 1 is 1.26 bits per heavy atom. The van der Waals surface area contributed by atoms with Crippen molar-refractivity contribution in [2.24, 2.45) is 5.92 Å². The summed E-state index contributed by atoms with van der Waals surface area (Å²) >= 11 is 1.44. The van der Waals surface area contributed by atoms with Crippen molar-refractivity contribution in [3.63, 3.8) is 0 Å². The quantitative estimate of drug-likeness (QED) is 0.855. The van der Waals surface area contributed by atoms with Gasteiger partial charge in [-0.05, 0) is 50.2 Å². The van der Waals surface area contributed by atoms with Crippen molar-refractivity contribution in [2.75, 3.05) is 6.54 Å². The summed E-state index contributed by atoms with van der Waals surface area (Å²) in [5, 5.41) is 0. The van der Waals surface area contributed by atoms with Gasteiger partial charge in [0.25, 0.3) is 10.0 Å². The Morgan fingerprint density at radius 2 is 2.05 bits per heavy atom. The van der Waals surface area contributed by atoms with E-state index in [1.54, 1.807) is 10.4 Å². The fraction of sp³-hybridized carbons (Fsp3) is 0.714. The topological polar surface area (TPSA) is 37.4 Å². The molecule has 1 aromatic heterocycles. The number of nitrogens with zero attached hydrogens (tertiary/aromatic N) is 1. The molecule has 0 amide bonds. The molecule has 1 aromatic rings. The lowest BCUT2D eigenvalue weighted by atomic mass is 9.79. The van der Waals surface area contributed by atoms with Crippen LogP contribution in [0.1, 0.15) is 43.9 Å². The number of hydrogen-bond donors (Lipinski definition) is 0. The van der Waals surface area contributed by atoms with Crippen molar-refractivity contribution in [2.45, 2.75) is 55.7 Å². The van der Waals surface area contributed by atoms with Crippen LogP contribution in [0.5, 0.6) is 0 Å². The molecule has 5 heteroatoms. The van der Waals surface area contributed by atoms with Crippen molar-refractivity contribution in [1.29, 1.82) is 0 Å². The van der Waals surface area contributed by atoms with Crippen LogP contribution >= 0.6 is 11.3 Å². The van der Waals surface area contributed by atoms with Gasteiger partial charge in [0.05, 0.1) is 0 Å². The maximum Gasteiger partial charge on any atom is 0.252 e. The molecule has 1 atom stereocenters. The third-order valence-corrected chi connectivity index (χ3v) is 8.11. The highest BCUT2D eigenvalue weighted by Crippen LogP contribution is 2.40. The SMILES string of the molecule is CCc1ccc(S(=O)(=O)N2CCCC2C2CCC2)s1. The van der Waals surface area contributed by atoms with E-state index in [4.69, 9.17) is 0 Å². The fourth-order valence-corrected chi connectivity index (χ4v) is 6.34. The van der Waals surface area contributed by atoms with E-state index in [1.165, 1.54) is 30.6 Å². The lowest BCUT2D eigenvalue weighted by molar-refractivity contribution is 0.192. The smallest absolute Gasteiger partial charge is 0.206 e. The molecule has 106 valence electrons. The van der Waals surface area contributed by atoms with Gasteiger partial charge in [-0.15, -0.1) is 11.3 Å². The molecule has 2 heterocycles. The van der Waals surface area contributed by atoms with Gasteiger partial charge < -0.3 is 0 Å². The fourth-order valence-electron chi connectivity index (χ4n) is 3.16. The van der Waals surface area contributed by atoms with Crippen LogP contribution in [-0.4, -0.2) is 25.3 Å². The summed E-state index contributed by atoms with van der Waals surface area (Å²) in [4.78, 5) is 1.15. The van der Waals surface area contributed by atoms with Crippen molar-refractivity contribution in [3.8, 4) is 0 Å². The molecule has 1 saturated heterocycles. The van der Waals surface area contributed by atoms with Crippen LogP contribution in [0.15, 0.2) is 16.3 Å². The minimum absolute atomic E-state index is 0.269. The standard InChI is InChI=1S/C14H21NO2S2/c1-2-12-8-9-14(18-12)19(16,17)15-10-4-7-13(15)11-5-3-6-11/h8-9,11,13H,2-7,10H2,1H3. The first-order chi connectivity index (χ1) is 9.13. The first kappa shape index (κ1) is 13.6. The van der Waals surface area contributed by atoms with Crippen LogP contribution < -0.4 is 0 Å². The Bertz CT molecular complexity index is 546. The second-order valence-corrected chi connectivity index (χ2v) is 8.88. The Balaban J connectivity index is 1.86. The van der Waals surface area contributed by atoms with Crippen molar-refractivity contribution in [3.05, 3.63) is 17.0 Å². The average molecular weight is 299 g/mol. The maximum absolute atomic E-state index is 12.8. The zero-order valence-corrected chi connectivity index (χ0v) is 13.0. The summed E-state index contributed by atoms with van der Waals surface area (Å²) < 4.78 is 27.8. The second-order valence-electron chi connectivity index (χ2n) is 5.59. The van der Waals surface area contributed by atoms with E-state index >= 15 is 0 Å². The monoisotopic (exact) mass is 299 g/mol. The lowest BCUT2D eigenvalue weighted by Gasteiger charge is -2.36. The Hall–Kier alpha value is -0.390. The van der Waals surface area contributed by atoms with Crippen LogP contribution in [-0.2, 0) is 16.4 Å². The maximum atomic E-state index is 12.8. The van der Waals surface area contributed by atoms with Crippen LogP contribution in [0.25, 0.3) is 0 Å². The molecule has 0 radical (unpaired) electrons. The van der Waals surface area contributed by atoms with Crippen molar-refractivity contribution >= 4 is 21.4 Å². The molecule has 0 aromatic carbocycles. The van der Waals surface area contributed by atoms with E-state index < -0.39 is 10.0 Å². The predicted octanol–water partition coefficient (Wildman–Crippen LogP) is 3.26. The van der Waals surface area contributed by atoms with Gasteiger partial charge in [-0.2, -0.15) is 4.31 Å². The normalized spacial score (nSPS) is 25.6. The number of thiophene rings is 1. The molecule has 1 unspecified atom stereocenters. The highest BCUT2D eigenvalue weighted by molar-refractivity contribution is 7.91. The summed E-state index contributed by atoms with van der Waals surface area (Å²) in [7, 11) is -3.25. The van der Waals surface area contributed by atoms with Crippen LogP contribution in [0, 0.1) is 5.92 Å². The van der Waals surface area contributed by atoms with Crippen LogP contribution in [0.3, 0.4) is 0 Å². The van der Waals surface area contributed by atoms with E-state index in [2.05, 4.69) is 6.92 Å². The van der Waals surface area contributed by atoms with Crippen LogP contribution in [0.4, 0.5) is 0 Å². The second kappa shape index (κ2) is 5.19. The van der Waals surface area contributed by atoms with E-state index in [9.17, 15) is 8.42 Å². The molecule has 3 nitrogen and oxygen atoms in total. The largest absolute Gasteiger partial charge is 0.252 e. The van der Waals surface area contributed by atoms with Gasteiger partial charge in [-0.1, -0.05) is 13.3 Å². The molecule has 1 aliphatic carbocycles. The molecule has 3 rings (SSSR count). The van der Waals surface area contributed by atoms with Gasteiger partial charge in [0, 0.05) is 17.5 Å². The predicted molar refractivity (Wildman–Crippen MR) is 78.0 cm³/mol. The zero-order valence-electron chi connectivity index (χ0n) is 11.3. The highest BCUT2D eigenvalue weighted by Gasteiger charge is 2.41. The zero-order chi connectivity index (χ0) is 13.5. The molecule has 1 saturated carbocycles. The van der Waals surface area contributed by atoms with Gasteiger partial charge in [0.15, 0.2) is 0 Å². The molecular weight excluding hydrogens is 278 g/mol. The summed E-state index contributed by atoms with van der Waals surface area (Å²) in [5.41, 5.74) is 0. The van der Waals surface area contributed by atoms with E-state index in [1.807, 2.05) is 6.07 Å². The third-order valence-electron chi connectivity index (χ3n) is 4.49. The molecule has 0 bridgehead atoms. The van der Waals surface area contributed by atoms with Gasteiger partial charge in [-0.25, -0.2) is 8.42 Å². The molecule has 0 spiro atoms. The van der Waals surface area contributed by atoms with Crippen LogP contribution in [0.2, 0.25) is 0 Å². The number of hydrogen-bond acceptors (Lipinski definition) is 3. The first-order valence-electron chi connectivity index (χ1n) is 7.23. The lowest BCUT2D eigenvalue weighted by Crippen LogP contribution is -2.42. The summed E-state index contributed by atoms with van der Waals surface area (Å²) in [6.45, 7) is 2.78. The van der Waals surface area contributed by atoms with E-state index in [-0.39, 0.29) is 6.04 Å². The van der Waals surface area contributed by atoms with E-state index in [0.717, 1.165) is 24.1 Å². The average Bonchev–Trinajstić information content (AvgIpc) is 2.95. The minimum Gasteiger partial charge on any atom is -0.206 e. The Kier molecular flexibility index (Phi) is 3.71. The number of aryl methyl sites for hydroxylation is 1. The van der Waals surface area contributed by atoms with E-state index in [0.29, 0.717) is 16.7 Å². The first-order valence-corrected chi connectivity index (χ1v) is 9.49. The van der Waals surface area contributed by atoms with Gasteiger partial charge in [-0.3, -0.25) is 0 Å². The Morgan fingerprint density at radius 3 is 2.63 bits per heavy atom. The summed E-state index contributed by atoms with van der Waals surface area (Å²) in [6.07, 6.45) is 6.67. The number of sulfonamides is 1. The third kappa shape index (κ3) is 2.36. The molecule has 1 aliphatic heterocycles. The van der Waals surface area contributed by atoms with Gasteiger partial charge in [0.1, 0.15) is 4.21 Å². The van der Waals surface area contributed by atoms with Gasteiger partial charge >= 0.3 is 0 Å². The summed E-state index contributed by atoms with van der Waals surface area (Å²) in [5.74, 6) is 0.614. The highest BCUT2D eigenvalue weighted by atomic mass is 32.2. The minimum atomic E-state index is -3.25. The Labute approximate surface area is 119 Å². The van der Waals surface area contributed by atoms with Crippen molar-refractivity contribution in [1.82, 2.24) is 4.31 Å². The molecular formula is C14H21NO2S2. The molecule has 2 aliphatic rings. The molecule has 19 heavy (non-hydrogen) atoms. The summed E-state index contributed by atoms with van der Waals surface area (Å²) in [6, 6.07) is 4.01. The van der Waals surface area contributed by atoms with Gasteiger partial charge in [0.2, 0.25) is 0 Å². The molecule has 0 N–H and O–H groups in total. The number of rotatable bonds is 4. The van der Waals surface area contributed by atoms with Crippen molar-refractivity contribution < 1.29 is 8.42 Å².